The Kier molecular flexibility index (Phi) is 7.74. The molecule has 0 bridgehead atoms. The molecule has 23 heavy (non-hydrogen) atoms. The van der Waals surface area contributed by atoms with Crippen LogP contribution in [-0.2, 0) is 4.79 Å². The van der Waals surface area contributed by atoms with E-state index in [1.165, 1.54) is 6.08 Å². The van der Waals surface area contributed by atoms with Gasteiger partial charge >= 0.3 is 0 Å². The summed E-state index contributed by atoms with van der Waals surface area (Å²) in [5.41, 5.74) is 2.06. The van der Waals surface area contributed by atoms with Gasteiger partial charge in [0.05, 0.1) is 23.8 Å². The van der Waals surface area contributed by atoms with Crippen molar-refractivity contribution in [3.63, 3.8) is 0 Å². The molecule has 0 N–H and O–H groups in total. The number of rotatable bonds is 8. The Balaban J connectivity index is 3.07. The average Bonchev–Trinajstić information content (AvgIpc) is 2.88. The molecular formula is C16H23FN4OS. The molecule has 1 heterocycles. The van der Waals surface area contributed by atoms with Crippen LogP contribution in [-0.4, -0.2) is 41.0 Å². The summed E-state index contributed by atoms with van der Waals surface area (Å²) in [5.74, 6) is 0.343. The quantitative estimate of drug-likeness (QED) is 0.537. The summed E-state index contributed by atoms with van der Waals surface area (Å²) in [6.45, 7) is 9.27. The molecule has 0 aromatic carbocycles. The van der Waals surface area contributed by atoms with Gasteiger partial charge in [-0.05, 0) is 39.8 Å². The largest absolute Gasteiger partial charge is 0.310 e. The molecule has 7 heteroatoms. The first-order valence-corrected chi connectivity index (χ1v) is 8.69. The molecule has 1 rings (SSSR count). The number of anilines is 1. The van der Waals surface area contributed by atoms with Crippen LogP contribution < -0.4 is 4.90 Å². The van der Waals surface area contributed by atoms with E-state index in [9.17, 15) is 9.18 Å². The molecule has 0 saturated carbocycles. The highest BCUT2D eigenvalue weighted by Gasteiger charge is 2.18. The average molecular weight is 338 g/mol. The van der Waals surface area contributed by atoms with Crippen molar-refractivity contribution in [2.75, 3.05) is 23.5 Å². The maximum Gasteiger partial charge on any atom is 0.227 e. The van der Waals surface area contributed by atoms with Gasteiger partial charge in [-0.1, -0.05) is 0 Å². The number of halogens is 1. The van der Waals surface area contributed by atoms with Crippen LogP contribution >= 0.6 is 11.8 Å². The third kappa shape index (κ3) is 5.35. The van der Waals surface area contributed by atoms with Crippen LogP contribution in [0.4, 0.5) is 10.1 Å². The molecule has 0 atom stereocenters. The SMILES string of the molecule is C=N/C=C(F)\C=C(/C)n1cc(N(CC)C(=O)CCSC)c(C)n1. The van der Waals surface area contributed by atoms with Crippen molar-refractivity contribution in [1.29, 1.82) is 0 Å². The molecule has 0 spiro atoms. The molecule has 0 aliphatic carbocycles. The first-order valence-electron chi connectivity index (χ1n) is 7.30. The topological polar surface area (TPSA) is 50.5 Å². The number of aliphatic imine (C=N–C) groups is 1. The van der Waals surface area contributed by atoms with Crippen LogP contribution in [0, 0.1) is 6.92 Å². The van der Waals surface area contributed by atoms with Gasteiger partial charge in [-0.2, -0.15) is 16.9 Å². The van der Waals surface area contributed by atoms with Crippen LogP contribution in [0.5, 0.6) is 0 Å². The fourth-order valence-electron chi connectivity index (χ4n) is 2.09. The molecule has 0 aliphatic heterocycles. The van der Waals surface area contributed by atoms with Crippen molar-refractivity contribution >= 4 is 35.8 Å². The summed E-state index contributed by atoms with van der Waals surface area (Å²) in [6, 6.07) is 0. The van der Waals surface area contributed by atoms with Crippen molar-refractivity contribution < 1.29 is 9.18 Å². The minimum atomic E-state index is -0.504. The second-order valence-corrected chi connectivity index (χ2v) is 5.89. The first-order chi connectivity index (χ1) is 10.9. The molecule has 5 nitrogen and oxygen atoms in total. The van der Waals surface area contributed by atoms with E-state index in [0.717, 1.165) is 23.3 Å². The van der Waals surface area contributed by atoms with Gasteiger partial charge in [0.2, 0.25) is 5.91 Å². The van der Waals surface area contributed by atoms with Gasteiger partial charge in [-0.3, -0.25) is 9.79 Å². The van der Waals surface area contributed by atoms with Crippen molar-refractivity contribution in [2.45, 2.75) is 27.2 Å². The molecule has 126 valence electrons. The number of aromatic nitrogens is 2. The number of amides is 1. The summed E-state index contributed by atoms with van der Waals surface area (Å²) in [7, 11) is 0. The lowest BCUT2D eigenvalue weighted by Gasteiger charge is -2.19. The molecule has 1 aromatic rings. The number of allylic oxidation sites excluding steroid dienone is 3. The number of carbonyl (C=O) groups is 1. The standard InChI is InChI=1S/C16H23FN4OS/c1-6-20(16(22)7-8-23-5)15-11-21(19-13(15)3)12(2)9-14(17)10-18-4/h9-11H,4,6-8H2,1-3,5H3/b12-9+,14-10+. The molecule has 0 unspecified atom stereocenters. The van der Waals surface area contributed by atoms with Crippen LogP contribution in [0.1, 0.15) is 26.0 Å². The summed E-state index contributed by atoms with van der Waals surface area (Å²) >= 11 is 1.64. The number of carbonyl (C=O) groups excluding carboxylic acids is 1. The smallest absolute Gasteiger partial charge is 0.227 e. The van der Waals surface area contributed by atoms with E-state index >= 15 is 0 Å². The van der Waals surface area contributed by atoms with Crippen molar-refractivity contribution in [3.8, 4) is 0 Å². The number of nitrogens with zero attached hydrogens (tertiary/aromatic N) is 4. The van der Waals surface area contributed by atoms with E-state index < -0.39 is 5.83 Å². The Morgan fingerprint density at radius 1 is 1.61 bits per heavy atom. The minimum Gasteiger partial charge on any atom is -0.310 e. The van der Waals surface area contributed by atoms with Crippen LogP contribution in [0.15, 0.2) is 29.3 Å². The lowest BCUT2D eigenvalue weighted by Crippen LogP contribution is -2.31. The van der Waals surface area contributed by atoms with Gasteiger partial charge in [0.25, 0.3) is 0 Å². The molecule has 0 radical (unpaired) electrons. The summed E-state index contributed by atoms with van der Waals surface area (Å²) in [5, 5.41) is 4.36. The highest BCUT2D eigenvalue weighted by Crippen LogP contribution is 2.22. The lowest BCUT2D eigenvalue weighted by molar-refractivity contribution is -0.118. The molecule has 1 aromatic heterocycles. The molecule has 0 aliphatic rings. The van der Waals surface area contributed by atoms with Gasteiger partial charge in [-0.15, -0.1) is 0 Å². The summed E-state index contributed by atoms with van der Waals surface area (Å²) in [4.78, 5) is 17.4. The monoisotopic (exact) mass is 338 g/mol. The number of hydrogen-bond acceptors (Lipinski definition) is 4. The Bertz CT molecular complexity index is 622. The number of thioether (sulfide) groups is 1. The zero-order valence-corrected chi connectivity index (χ0v) is 14.9. The fourth-order valence-corrected chi connectivity index (χ4v) is 2.47. The minimum absolute atomic E-state index is 0.0630. The Morgan fingerprint density at radius 3 is 2.87 bits per heavy atom. The summed E-state index contributed by atoms with van der Waals surface area (Å²) in [6.07, 6.45) is 6.55. The second kappa shape index (κ2) is 9.29. The van der Waals surface area contributed by atoms with Gasteiger partial charge in [0.1, 0.15) is 5.83 Å². The van der Waals surface area contributed by atoms with E-state index in [0.29, 0.717) is 18.7 Å². The molecular weight excluding hydrogens is 315 g/mol. The van der Waals surface area contributed by atoms with Crippen LogP contribution in [0.3, 0.4) is 0 Å². The Labute approximate surface area is 141 Å². The normalized spacial score (nSPS) is 12.4. The van der Waals surface area contributed by atoms with Crippen LogP contribution in [0.2, 0.25) is 0 Å². The van der Waals surface area contributed by atoms with Crippen molar-refractivity contribution in [2.24, 2.45) is 4.99 Å². The van der Waals surface area contributed by atoms with E-state index in [1.807, 2.05) is 20.1 Å². The zero-order valence-electron chi connectivity index (χ0n) is 14.0. The number of aryl methyl sites for hydroxylation is 1. The second-order valence-electron chi connectivity index (χ2n) is 4.91. The van der Waals surface area contributed by atoms with Crippen molar-refractivity contribution in [1.82, 2.24) is 9.78 Å². The highest BCUT2D eigenvalue weighted by atomic mass is 32.2. The fraction of sp³-hybridized carbons (Fsp3) is 0.438. The van der Waals surface area contributed by atoms with Gasteiger partial charge in [-0.25, -0.2) is 9.07 Å². The summed E-state index contributed by atoms with van der Waals surface area (Å²) < 4.78 is 15.0. The Morgan fingerprint density at radius 2 is 2.30 bits per heavy atom. The van der Waals surface area contributed by atoms with Gasteiger partial charge < -0.3 is 4.90 Å². The van der Waals surface area contributed by atoms with Crippen LogP contribution in [0.25, 0.3) is 5.70 Å². The van der Waals surface area contributed by atoms with Crippen molar-refractivity contribution in [3.05, 3.63) is 30.0 Å². The third-order valence-corrected chi connectivity index (χ3v) is 3.84. The predicted molar refractivity (Wildman–Crippen MR) is 96.7 cm³/mol. The zero-order chi connectivity index (χ0) is 17.4. The number of hydrogen-bond donors (Lipinski definition) is 0. The molecule has 1 amide bonds. The van der Waals surface area contributed by atoms with E-state index in [2.05, 4.69) is 16.8 Å². The van der Waals surface area contributed by atoms with Gasteiger partial charge in [0, 0.05) is 24.4 Å². The maximum absolute atomic E-state index is 13.5. The molecule has 0 saturated heterocycles. The first kappa shape index (κ1) is 19.2. The lowest BCUT2D eigenvalue weighted by atomic mass is 10.3. The molecule has 0 fully saturated rings. The van der Waals surface area contributed by atoms with E-state index in [4.69, 9.17) is 0 Å². The highest BCUT2D eigenvalue weighted by molar-refractivity contribution is 7.98. The maximum atomic E-state index is 13.5. The van der Waals surface area contributed by atoms with E-state index in [1.54, 1.807) is 34.5 Å². The van der Waals surface area contributed by atoms with E-state index in [-0.39, 0.29) is 5.91 Å². The Hall–Kier alpha value is -1.89. The van der Waals surface area contributed by atoms with Gasteiger partial charge in [0.15, 0.2) is 0 Å². The predicted octanol–water partition coefficient (Wildman–Crippen LogP) is 3.67. The third-order valence-electron chi connectivity index (χ3n) is 3.22.